The van der Waals surface area contributed by atoms with Crippen molar-refractivity contribution in [2.24, 2.45) is 0 Å². The van der Waals surface area contributed by atoms with E-state index in [9.17, 15) is 22.4 Å². The molecule has 0 aliphatic rings. The molecule has 0 saturated heterocycles. The Hall–Kier alpha value is -3.92. The van der Waals surface area contributed by atoms with Gasteiger partial charge in [0.25, 0.3) is 0 Å². The highest BCUT2D eigenvalue weighted by Gasteiger charge is 2.33. The number of anilines is 1. The molecule has 3 aromatic rings. The zero-order valence-electron chi connectivity index (χ0n) is 22.5. The van der Waals surface area contributed by atoms with E-state index < -0.39 is 40.2 Å². The largest absolute Gasteiger partial charge is 0.497 e. The Morgan fingerprint density at radius 2 is 1.56 bits per heavy atom. The summed E-state index contributed by atoms with van der Waals surface area (Å²) in [6.45, 7) is 2.79. The summed E-state index contributed by atoms with van der Waals surface area (Å²) in [5.41, 5.74) is 1.25. The highest BCUT2D eigenvalue weighted by Crippen LogP contribution is 2.23. The van der Waals surface area contributed by atoms with Gasteiger partial charge in [-0.25, -0.2) is 12.8 Å². The van der Waals surface area contributed by atoms with E-state index in [0.717, 1.165) is 16.1 Å². The minimum Gasteiger partial charge on any atom is -0.497 e. The van der Waals surface area contributed by atoms with Crippen LogP contribution in [0.25, 0.3) is 0 Å². The van der Waals surface area contributed by atoms with Crippen molar-refractivity contribution in [1.82, 2.24) is 10.2 Å². The minimum absolute atomic E-state index is 0.154. The van der Waals surface area contributed by atoms with Crippen LogP contribution in [0.3, 0.4) is 0 Å². The monoisotopic (exact) mass is 555 g/mol. The van der Waals surface area contributed by atoms with Crippen molar-refractivity contribution in [1.29, 1.82) is 0 Å². The van der Waals surface area contributed by atoms with E-state index in [0.29, 0.717) is 5.75 Å². The Morgan fingerprint density at radius 3 is 2.13 bits per heavy atom. The van der Waals surface area contributed by atoms with Gasteiger partial charge in [-0.2, -0.15) is 0 Å². The molecule has 0 radical (unpaired) electrons. The van der Waals surface area contributed by atoms with Crippen LogP contribution in [0.5, 0.6) is 5.75 Å². The van der Waals surface area contributed by atoms with Gasteiger partial charge in [0.05, 0.1) is 19.1 Å². The van der Waals surface area contributed by atoms with E-state index in [-0.39, 0.29) is 30.3 Å². The lowest BCUT2D eigenvalue weighted by molar-refractivity contribution is -0.140. The number of nitrogens with one attached hydrogen (secondary N) is 1. The molecule has 208 valence electrons. The lowest BCUT2D eigenvalue weighted by Crippen LogP contribution is -2.54. The van der Waals surface area contributed by atoms with Gasteiger partial charge in [0, 0.05) is 24.6 Å². The van der Waals surface area contributed by atoms with Crippen LogP contribution in [0.4, 0.5) is 10.1 Å². The van der Waals surface area contributed by atoms with Gasteiger partial charge >= 0.3 is 0 Å². The number of carbonyl (C=O) groups is 2. The van der Waals surface area contributed by atoms with E-state index in [2.05, 4.69) is 5.32 Å². The lowest BCUT2D eigenvalue weighted by Gasteiger charge is -2.34. The highest BCUT2D eigenvalue weighted by atomic mass is 32.2. The van der Waals surface area contributed by atoms with Crippen molar-refractivity contribution in [2.75, 3.05) is 24.2 Å². The molecule has 2 amide bonds. The maximum Gasteiger partial charge on any atom is 0.244 e. The molecule has 8 nitrogen and oxygen atoms in total. The molecule has 0 aromatic heterocycles. The molecule has 39 heavy (non-hydrogen) atoms. The Bertz CT molecular complexity index is 1370. The third kappa shape index (κ3) is 8.28. The van der Waals surface area contributed by atoms with Crippen molar-refractivity contribution in [3.63, 3.8) is 0 Å². The molecule has 0 bridgehead atoms. The summed E-state index contributed by atoms with van der Waals surface area (Å²) in [4.78, 5) is 28.6. The maximum absolute atomic E-state index is 14.7. The van der Waals surface area contributed by atoms with Crippen LogP contribution in [-0.2, 0) is 32.6 Å². The van der Waals surface area contributed by atoms with E-state index in [4.69, 9.17) is 4.74 Å². The molecule has 0 heterocycles. The molecule has 1 N–H and O–H groups in total. The van der Waals surface area contributed by atoms with Gasteiger partial charge in [0.15, 0.2) is 0 Å². The third-order valence-corrected chi connectivity index (χ3v) is 7.18. The van der Waals surface area contributed by atoms with E-state index in [1.165, 1.54) is 42.3 Å². The van der Waals surface area contributed by atoms with Gasteiger partial charge in [-0.3, -0.25) is 13.9 Å². The molecule has 0 saturated carbocycles. The van der Waals surface area contributed by atoms with Crippen molar-refractivity contribution in [3.8, 4) is 5.75 Å². The molecule has 1 atom stereocenters. The summed E-state index contributed by atoms with van der Waals surface area (Å²) >= 11 is 0. The molecule has 0 fully saturated rings. The van der Waals surface area contributed by atoms with Crippen LogP contribution in [0, 0.1) is 5.82 Å². The number of ether oxygens (including phenoxy) is 1. The number of rotatable bonds is 12. The predicted octanol–water partition coefficient (Wildman–Crippen LogP) is 3.77. The number of methoxy groups -OCH3 is 1. The van der Waals surface area contributed by atoms with Crippen LogP contribution in [0.1, 0.15) is 25.0 Å². The average Bonchev–Trinajstić information content (AvgIpc) is 2.89. The first-order valence-electron chi connectivity index (χ1n) is 12.5. The minimum atomic E-state index is -3.90. The first-order valence-corrected chi connectivity index (χ1v) is 14.3. The van der Waals surface area contributed by atoms with Gasteiger partial charge in [-0.15, -0.1) is 0 Å². The van der Waals surface area contributed by atoms with Crippen molar-refractivity contribution in [3.05, 3.63) is 95.8 Å². The first-order chi connectivity index (χ1) is 18.5. The van der Waals surface area contributed by atoms with E-state index in [1.807, 2.05) is 30.3 Å². The second kappa shape index (κ2) is 13.2. The zero-order valence-corrected chi connectivity index (χ0v) is 23.3. The van der Waals surface area contributed by atoms with Gasteiger partial charge in [0.2, 0.25) is 21.8 Å². The number of hydrogen-bond acceptors (Lipinski definition) is 5. The van der Waals surface area contributed by atoms with Gasteiger partial charge < -0.3 is 15.0 Å². The van der Waals surface area contributed by atoms with Crippen molar-refractivity contribution in [2.45, 2.75) is 38.9 Å². The van der Waals surface area contributed by atoms with Gasteiger partial charge in [-0.05, 0) is 49.7 Å². The van der Waals surface area contributed by atoms with Crippen molar-refractivity contribution < 1.29 is 27.1 Å². The predicted molar refractivity (Wildman–Crippen MR) is 149 cm³/mol. The summed E-state index contributed by atoms with van der Waals surface area (Å²) in [7, 11) is -2.41. The fourth-order valence-electron chi connectivity index (χ4n) is 4.11. The number of hydrogen-bond donors (Lipinski definition) is 1. The number of carbonyl (C=O) groups excluding carboxylic acids is 2. The molecule has 0 spiro atoms. The smallest absolute Gasteiger partial charge is 0.244 e. The van der Waals surface area contributed by atoms with E-state index >= 15 is 0 Å². The zero-order chi connectivity index (χ0) is 28.6. The Balaban J connectivity index is 2.05. The van der Waals surface area contributed by atoms with Crippen molar-refractivity contribution >= 4 is 27.5 Å². The van der Waals surface area contributed by atoms with Crippen LogP contribution in [0.15, 0.2) is 78.9 Å². The third-order valence-electron chi connectivity index (χ3n) is 6.04. The van der Waals surface area contributed by atoms with Gasteiger partial charge in [0.1, 0.15) is 24.2 Å². The Morgan fingerprint density at radius 1 is 0.949 bits per heavy atom. The van der Waals surface area contributed by atoms with Gasteiger partial charge in [-0.1, -0.05) is 48.5 Å². The number of nitrogens with zero attached hydrogens (tertiary/aromatic N) is 2. The summed E-state index contributed by atoms with van der Waals surface area (Å²) in [6, 6.07) is 20.1. The number of halogens is 1. The molecule has 3 aromatic carbocycles. The molecule has 10 heteroatoms. The highest BCUT2D eigenvalue weighted by molar-refractivity contribution is 7.92. The quantitative estimate of drug-likeness (QED) is 0.367. The number of amides is 2. The molecule has 0 aliphatic carbocycles. The fourth-order valence-corrected chi connectivity index (χ4v) is 4.96. The Kier molecular flexibility index (Phi) is 10.1. The Labute approximate surface area is 229 Å². The molecule has 0 aliphatic heterocycles. The summed E-state index contributed by atoms with van der Waals surface area (Å²) < 4.78 is 46.4. The fraction of sp³-hybridized carbons (Fsp3) is 0.310. The summed E-state index contributed by atoms with van der Waals surface area (Å²) in [6.07, 6.45) is 1.15. The SMILES string of the molecule is COc1ccc(N(CC(=O)N(Cc2ccccc2F)[C@H](Cc2ccccc2)C(=O)NC(C)C)S(C)(=O)=O)cc1. The number of sulfonamides is 1. The van der Waals surface area contributed by atoms with Crippen LogP contribution in [-0.4, -0.2) is 57.1 Å². The number of benzene rings is 3. The summed E-state index contributed by atoms with van der Waals surface area (Å²) in [5.74, 6) is -1.09. The molecule has 0 unspecified atom stereocenters. The second-order valence-corrected chi connectivity index (χ2v) is 11.4. The normalized spacial score (nSPS) is 12.1. The molecular weight excluding hydrogens is 521 g/mol. The summed E-state index contributed by atoms with van der Waals surface area (Å²) in [5, 5.41) is 2.85. The molecule has 3 rings (SSSR count). The van der Waals surface area contributed by atoms with Crippen LogP contribution >= 0.6 is 0 Å². The van der Waals surface area contributed by atoms with E-state index in [1.54, 1.807) is 32.0 Å². The second-order valence-electron chi connectivity index (χ2n) is 9.45. The van der Waals surface area contributed by atoms with Crippen LogP contribution in [0.2, 0.25) is 0 Å². The standard InChI is InChI=1S/C29H34FN3O5S/c1-21(2)31-29(35)27(18-22-10-6-5-7-11-22)32(19-23-12-8-9-13-26(23)30)28(34)20-33(39(4,36)37)24-14-16-25(38-3)17-15-24/h5-17,21,27H,18-20H2,1-4H3,(H,31,35)/t27-/m1/s1. The topological polar surface area (TPSA) is 96.0 Å². The first kappa shape index (κ1) is 29.6. The van der Waals surface area contributed by atoms with Crippen LogP contribution < -0.4 is 14.4 Å². The lowest BCUT2D eigenvalue weighted by atomic mass is 10.0. The maximum atomic E-state index is 14.7. The molecular formula is C29H34FN3O5S. The average molecular weight is 556 g/mol.